The first kappa shape index (κ1) is 20.7. The van der Waals surface area contributed by atoms with Gasteiger partial charge in [0.15, 0.2) is 5.82 Å². The third kappa shape index (κ3) is 4.05. The Hall–Kier alpha value is -3.06. The summed E-state index contributed by atoms with van der Waals surface area (Å²) >= 11 is 0. The van der Waals surface area contributed by atoms with E-state index >= 15 is 0 Å². The quantitative estimate of drug-likeness (QED) is 0.589. The number of ether oxygens (including phenoxy) is 1. The molecule has 3 rings (SSSR count). The van der Waals surface area contributed by atoms with Crippen LogP contribution in [-0.4, -0.2) is 32.1 Å². The Balaban J connectivity index is 2.00. The standard InChI is InChI=1S/C22H27N3O4/c1-13(2)16-10-17(19(27)11-18(16)26)20-23-24-21(28)25(20)12-14-6-8-15(9-7-14)22(3,4)29-5/h6-11,13,26-27H,12H2,1-5H3,(H,24,28). The zero-order valence-electron chi connectivity index (χ0n) is 17.4. The number of aromatic nitrogens is 3. The Kier molecular flexibility index (Phi) is 5.53. The summed E-state index contributed by atoms with van der Waals surface area (Å²) in [6, 6.07) is 10.8. The Bertz CT molecular complexity index is 1060. The van der Waals surface area contributed by atoms with Crippen molar-refractivity contribution in [3.05, 3.63) is 63.6 Å². The van der Waals surface area contributed by atoms with E-state index in [9.17, 15) is 15.0 Å². The molecule has 0 atom stereocenters. The smallest absolute Gasteiger partial charge is 0.343 e. The summed E-state index contributed by atoms with van der Waals surface area (Å²) < 4.78 is 6.97. The zero-order chi connectivity index (χ0) is 21.3. The van der Waals surface area contributed by atoms with Gasteiger partial charge in [0.05, 0.1) is 17.7 Å². The maximum Gasteiger partial charge on any atom is 0.343 e. The molecule has 7 nitrogen and oxygen atoms in total. The van der Waals surface area contributed by atoms with E-state index in [4.69, 9.17) is 4.74 Å². The summed E-state index contributed by atoms with van der Waals surface area (Å²) in [4.78, 5) is 12.4. The van der Waals surface area contributed by atoms with Crippen molar-refractivity contribution < 1.29 is 14.9 Å². The minimum absolute atomic E-state index is 0.0158. The number of nitrogens with one attached hydrogen (secondary N) is 1. The van der Waals surface area contributed by atoms with E-state index in [-0.39, 0.29) is 29.7 Å². The van der Waals surface area contributed by atoms with E-state index < -0.39 is 5.60 Å². The van der Waals surface area contributed by atoms with E-state index in [1.165, 1.54) is 10.6 Å². The van der Waals surface area contributed by atoms with Gasteiger partial charge in [-0.1, -0.05) is 38.1 Å². The summed E-state index contributed by atoms with van der Waals surface area (Å²) in [5.41, 5.74) is 2.23. The molecule has 0 aliphatic carbocycles. The van der Waals surface area contributed by atoms with E-state index in [0.717, 1.165) is 11.1 Å². The molecular weight excluding hydrogens is 370 g/mol. The third-order valence-corrected chi connectivity index (χ3v) is 5.27. The molecule has 1 aromatic heterocycles. The molecule has 0 saturated heterocycles. The molecule has 0 aliphatic rings. The average molecular weight is 397 g/mol. The molecule has 0 saturated carbocycles. The molecule has 0 amide bonds. The van der Waals surface area contributed by atoms with Crippen LogP contribution in [0.4, 0.5) is 0 Å². The number of phenols is 2. The van der Waals surface area contributed by atoms with Gasteiger partial charge in [0, 0.05) is 13.2 Å². The topological polar surface area (TPSA) is 100 Å². The van der Waals surface area contributed by atoms with Gasteiger partial charge in [-0.15, -0.1) is 0 Å². The lowest BCUT2D eigenvalue weighted by Gasteiger charge is -2.23. The number of benzene rings is 2. The number of aromatic amines is 1. The Morgan fingerprint density at radius 1 is 1.14 bits per heavy atom. The second-order valence-corrected chi connectivity index (χ2v) is 7.93. The summed E-state index contributed by atoms with van der Waals surface area (Å²) in [6.07, 6.45) is 0. The van der Waals surface area contributed by atoms with Gasteiger partial charge in [0.2, 0.25) is 0 Å². The van der Waals surface area contributed by atoms with Crippen LogP contribution in [0.1, 0.15) is 50.3 Å². The number of methoxy groups -OCH3 is 1. The number of rotatable bonds is 6. The summed E-state index contributed by atoms with van der Waals surface area (Å²) in [5, 5.41) is 27.0. The minimum atomic E-state index is -0.402. The molecule has 3 N–H and O–H groups in total. The molecule has 0 aliphatic heterocycles. The highest BCUT2D eigenvalue weighted by atomic mass is 16.5. The Labute approximate surface area is 169 Å². The molecular formula is C22H27N3O4. The van der Waals surface area contributed by atoms with Gasteiger partial charge in [0.25, 0.3) is 0 Å². The van der Waals surface area contributed by atoms with Gasteiger partial charge in [-0.25, -0.2) is 9.89 Å². The second-order valence-electron chi connectivity index (χ2n) is 7.93. The van der Waals surface area contributed by atoms with Gasteiger partial charge < -0.3 is 14.9 Å². The highest BCUT2D eigenvalue weighted by Crippen LogP contribution is 2.36. The normalized spacial score (nSPS) is 11.9. The molecule has 154 valence electrons. The van der Waals surface area contributed by atoms with E-state index in [0.29, 0.717) is 17.0 Å². The van der Waals surface area contributed by atoms with Crippen molar-refractivity contribution in [2.75, 3.05) is 7.11 Å². The minimum Gasteiger partial charge on any atom is -0.508 e. The molecule has 0 fully saturated rings. The monoisotopic (exact) mass is 397 g/mol. The second kappa shape index (κ2) is 7.75. The molecule has 2 aromatic carbocycles. The van der Waals surface area contributed by atoms with Crippen LogP contribution in [0.15, 0.2) is 41.2 Å². The molecule has 0 bridgehead atoms. The van der Waals surface area contributed by atoms with Crippen LogP contribution in [0.2, 0.25) is 0 Å². The van der Waals surface area contributed by atoms with Crippen LogP contribution in [0.3, 0.4) is 0 Å². The van der Waals surface area contributed by atoms with Gasteiger partial charge in [-0.05, 0) is 42.5 Å². The largest absolute Gasteiger partial charge is 0.508 e. The third-order valence-electron chi connectivity index (χ3n) is 5.27. The van der Waals surface area contributed by atoms with Gasteiger partial charge >= 0.3 is 5.69 Å². The van der Waals surface area contributed by atoms with Crippen LogP contribution in [0.5, 0.6) is 11.5 Å². The zero-order valence-corrected chi connectivity index (χ0v) is 17.4. The van der Waals surface area contributed by atoms with Crippen LogP contribution >= 0.6 is 0 Å². The molecule has 0 unspecified atom stereocenters. The lowest BCUT2D eigenvalue weighted by atomic mass is 9.97. The first-order chi connectivity index (χ1) is 13.6. The van der Waals surface area contributed by atoms with Crippen molar-refractivity contribution in [2.45, 2.75) is 45.8 Å². The lowest BCUT2D eigenvalue weighted by Crippen LogP contribution is -2.20. The van der Waals surface area contributed by atoms with Crippen molar-refractivity contribution >= 4 is 0 Å². The van der Waals surface area contributed by atoms with Crippen LogP contribution in [-0.2, 0) is 16.9 Å². The van der Waals surface area contributed by atoms with Crippen LogP contribution < -0.4 is 5.69 Å². The van der Waals surface area contributed by atoms with E-state index in [1.807, 2.05) is 52.0 Å². The number of nitrogens with zero attached hydrogens (tertiary/aromatic N) is 2. The average Bonchev–Trinajstić information content (AvgIpc) is 3.02. The predicted octanol–water partition coefficient (Wildman–Crippen LogP) is 3.70. The molecule has 3 aromatic rings. The fourth-order valence-corrected chi connectivity index (χ4v) is 3.22. The van der Waals surface area contributed by atoms with Crippen molar-refractivity contribution in [1.29, 1.82) is 0 Å². The fourth-order valence-electron chi connectivity index (χ4n) is 3.22. The Morgan fingerprint density at radius 3 is 2.38 bits per heavy atom. The molecule has 0 radical (unpaired) electrons. The van der Waals surface area contributed by atoms with Gasteiger partial charge in [0.1, 0.15) is 11.5 Å². The first-order valence-electron chi connectivity index (χ1n) is 9.50. The predicted molar refractivity (Wildman–Crippen MR) is 111 cm³/mol. The number of hydrogen-bond donors (Lipinski definition) is 3. The summed E-state index contributed by atoms with van der Waals surface area (Å²) in [6.45, 7) is 8.14. The van der Waals surface area contributed by atoms with Crippen LogP contribution in [0, 0.1) is 0 Å². The lowest BCUT2D eigenvalue weighted by molar-refractivity contribution is 0.0192. The molecule has 7 heteroatoms. The van der Waals surface area contributed by atoms with Crippen molar-refractivity contribution in [3.8, 4) is 22.9 Å². The number of phenolic OH excluding ortho intramolecular Hbond substituents is 2. The van der Waals surface area contributed by atoms with Crippen LogP contribution in [0.25, 0.3) is 11.4 Å². The highest BCUT2D eigenvalue weighted by Gasteiger charge is 2.20. The van der Waals surface area contributed by atoms with Gasteiger partial charge in [-0.3, -0.25) is 4.57 Å². The molecule has 29 heavy (non-hydrogen) atoms. The van der Waals surface area contributed by atoms with Gasteiger partial charge in [-0.2, -0.15) is 5.10 Å². The highest BCUT2D eigenvalue weighted by molar-refractivity contribution is 5.67. The van der Waals surface area contributed by atoms with Crippen molar-refractivity contribution in [2.24, 2.45) is 0 Å². The van der Waals surface area contributed by atoms with Crippen molar-refractivity contribution in [3.63, 3.8) is 0 Å². The van der Waals surface area contributed by atoms with E-state index in [2.05, 4.69) is 10.2 Å². The maximum atomic E-state index is 12.4. The number of aromatic hydroxyl groups is 2. The number of H-pyrrole nitrogens is 1. The number of hydrogen-bond acceptors (Lipinski definition) is 5. The Morgan fingerprint density at radius 2 is 1.79 bits per heavy atom. The summed E-state index contributed by atoms with van der Waals surface area (Å²) in [7, 11) is 1.67. The SMILES string of the molecule is COC(C)(C)c1ccc(Cn2c(-c3cc(C(C)C)c(O)cc3O)n[nH]c2=O)cc1. The van der Waals surface area contributed by atoms with E-state index in [1.54, 1.807) is 13.2 Å². The first-order valence-corrected chi connectivity index (χ1v) is 9.50. The maximum absolute atomic E-state index is 12.4. The molecule has 0 spiro atoms. The van der Waals surface area contributed by atoms with Crippen molar-refractivity contribution in [1.82, 2.24) is 14.8 Å². The fraction of sp³-hybridized carbons (Fsp3) is 0.364. The summed E-state index contributed by atoms with van der Waals surface area (Å²) in [5.74, 6) is 0.243. The molecule has 1 heterocycles.